The van der Waals surface area contributed by atoms with Gasteiger partial charge < -0.3 is 11.1 Å². The average molecular weight is 210 g/mol. The normalized spacial score (nSPS) is 12.3. The minimum Gasteiger partial charge on any atom is -0.348 e. The summed E-state index contributed by atoms with van der Waals surface area (Å²) in [5.74, 6) is -0.554. The Morgan fingerprint density at radius 1 is 1.60 bits per heavy atom. The van der Waals surface area contributed by atoms with Gasteiger partial charge in [0.05, 0.1) is 0 Å². The quantitative estimate of drug-likeness (QED) is 0.788. The van der Waals surface area contributed by atoms with E-state index in [4.69, 9.17) is 5.73 Å². The Morgan fingerprint density at radius 3 is 2.80 bits per heavy atom. The Hall–Kier alpha value is -1.42. The van der Waals surface area contributed by atoms with Gasteiger partial charge in [0, 0.05) is 18.2 Å². The van der Waals surface area contributed by atoms with Crippen molar-refractivity contribution >= 4 is 5.91 Å². The molecule has 1 rings (SSSR count). The molecule has 15 heavy (non-hydrogen) atoms. The molecular weight excluding hydrogens is 195 g/mol. The van der Waals surface area contributed by atoms with Gasteiger partial charge in [-0.15, -0.1) is 0 Å². The molecule has 1 atom stereocenters. The molecule has 82 valence electrons. The van der Waals surface area contributed by atoms with Crippen molar-refractivity contribution in [2.75, 3.05) is 6.54 Å². The summed E-state index contributed by atoms with van der Waals surface area (Å²) in [6, 6.07) is 4.00. The Morgan fingerprint density at radius 2 is 2.27 bits per heavy atom. The molecule has 0 heterocycles. The van der Waals surface area contributed by atoms with Gasteiger partial charge in [-0.05, 0) is 37.6 Å². The third-order valence-corrected chi connectivity index (χ3v) is 2.16. The zero-order valence-corrected chi connectivity index (χ0v) is 8.88. The Balaban J connectivity index is 2.82. The first-order valence-electron chi connectivity index (χ1n) is 4.81. The highest BCUT2D eigenvalue weighted by Crippen LogP contribution is 2.09. The molecule has 0 saturated carbocycles. The van der Waals surface area contributed by atoms with Crippen molar-refractivity contribution in [3.8, 4) is 0 Å². The topological polar surface area (TPSA) is 55.1 Å². The van der Waals surface area contributed by atoms with E-state index in [1.54, 1.807) is 6.92 Å². The smallest absolute Gasteiger partial charge is 0.251 e. The van der Waals surface area contributed by atoms with E-state index in [0.717, 1.165) is 0 Å². The van der Waals surface area contributed by atoms with Crippen LogP contribution in [0.15, 0.2) is 18.2 Å². The van der Waals surface area contributed by atoms with Gasteiger partial charge in [-0.3, -0.25) is 4.79 Å². The molecule has 0 fully saturated rings. The molecule has 0 aromatic heterocycles. The molecule has 0 spiro atoms. The third-order valence-electron chi connectivity index (χ3n) is 2.16. The van der Waals surface area contributed by atoms with Crippen molar-refractivity contribution in [3.05, 3.63) is 35.1 Å². The van der Waals surface area contributed by atoms with Crippen LogP contribution in [0.2, 0.25) is 0 Å². The van der Waals surface area contributed by atoms with Crippen LogP contribution in [0, 0.1) is 12.7 Å². The van der Waals surface area contributed by atoms with Crippen LogP contribution in [-0.4, -0.2) is 18.5 Å². The number of hydrogen-bond acceptors (Lipinski definition) is 2. The number of nitrogens with one attached hydrogen (secondary N) is 1. The standard InChI is InChI=1S/C11H15FN2O/c1-7-5-9(12)3-4-10(7)11(15)14-8(2)6-13/h3-5,8H,6,13H2,1-2H3,(H,14,15). The van der Waals surface area contributed by atoms with Crippen LogP contribution in [-0.2, 0) is 0 Å². The molecule has 1 aromatic carbocycles. The van der Waals surface area contributed by atoms with Crippen LogP contribution in [0.4, 0.5) is 4.39 Å². The second-order valence-corrected chi connectivity index (χ2v) is 3.57. The van der Waals surface area contributed by atoms with E-state index in [1.165, 1.54) is 18.2 Å². The van der Waals surface area contributed by atoms with Gasteiger partial charge in [-0.1, -0.05) is 0 Å². The van der Waals surface area contributed by atoms with Gasteiger partial charge in [0.2, 0.25) is 0 Å². The van der Waals surface area contributed by atoms with E-state index in [2.05, 4.69) is 5.32 Å². The van der Waals surface area contributed by atoms with Crippen molar-refractivity contribution in [3.63, 3.8) is 0 Å². The van der Waals surface area contributed by atoms with Crippen molar-refractivity contribution < 1.29 is 9.18 Å². The molecule has 0 aliphatic carbocycles. The van der Waals surface area contributed by atoms with E-state index in [0.29, 0.717) is 17.7 Å². The number of hydrogen-bond donors (Lipinski definition) is 2. The second-order valence-electron chi connectivity index (χ2n) is 3.57. The number of aryl methyl sites for hydroxylation is 1. The van der Waals surface area contributed by atoms with Crippen LogP contribution < -0.4 is 11.1 Å². The number of carbonyl (C=O) groups is 1. The first-order valence-corrected chi connectivity index (χ1v) is 4.81. The zero-order chi connectivity index (χ0) is 11.4. The fourth-order valence-electron chi connectivity index (χ4n) is 1.24. The molecule has 1 unspecified atom stereocenters. The van der Waals surface area contributed by atoms with Crippen molar-refractivity contribution in [2.24, 2.45) is 5.73 Å². The predicted octanol–water partition coefficient (Wildman–Crippen LogP) is 1.21. The highest BCUT2D eigenvalue weighted by molar-refractivity contribution is 5.95. The fraction of sp³-hybridized carbons (Fsp3) is 0.364. The van der Waals surface area contributed by atoms with E-state index in [1.807, 2.05) is 6.92 Å². The summed E-state index contributed by atoms with van der Waals surface area (Å²) in [5, 5.41) is 2.72. The minimum absolute atomic E-state index is 0.0815. The predicted molar refractivity (Wildman–Crippen MR) is 57.1 cm³/mol. The van der Waals surface area contributed by atoms with Gasteiger partial charge in [-0.25, -0.2) is 4.39 Å². The maximum Gasteiger partial charge on any atom is 0.251 e. The van der Waals surface area contributed by atoms with Crippen LogP contribution in [0.1, 0.15) is 22.8 Å². The van der Waals surface area contributed by atoms with Crippen molar-refractivity contribution in [2.45, 2.75) is 19.9 Å². The van der Waals surface area contributed by atoms with Crippen molar-refractivity contribution in [1.29, 1.82) is 0 Å². The summed E-state index contributed by atoms with van der Waals surface area (Å²) in [6.45, 7) is 3.90. The van der Waals surface area contributed by atoms with Gasteiger partial charge >= 0.3 is 0 Å². The van der Waals surface area contributed by atoms with Crippen LogP contribution >= 0.6 is 0 Å². The SMILES string of the molecule is Cc1cc(F)ccc1C(=O)NC(C)CN. The highest BCUT2D eigenvalue weighted by atomic mass is 19.1. The number of rotatable bonds is 3. The lowest BCUT2D eigenvalue weighted by atomic mass is 10.1. The summed E-state index contributed by atoms with van der Waals surface area (Å²) in [4.78, 5) is 11.7. The van der Waals surface area contributed by atoms with Gasteiger partial charge in [-0.2, -0.15) is 0 Å². The minimum atomic E-state index is -0.337. The summed E-state index contributed by atoms with van der Waals surface area (Å²) >= 11 is 0. The zero-order valence-electron chi connectivity index (χ0n) is 8.88. The maximum atomic E-state index is 12.8. The fourth-order valence-corrected chi connectivity index (χ4v) is 1.24. The van der Waals surface area contributed by atoms with E-state index < -0.39 is 0 Å². The van der Waals surface area contributed by atoms with Crippen LogP contribution in [0.25, 0.3) is 0 Å². The van der Waals surface area contributed by atoms with Crippen molar-refractivity contribution in [1.82, 2.24) is 5.32 Å². The first kappa shape index (κ1) is 11.7. The van der Waals surface area contributed by atoms with E-state index in [9.17, 15) is 9.18 Å². The molecule has 1 amide bonds. The molecule has 3 N–H and O–H groups in total. The summed E-state index contributed by atoms with van der Waals surface area (Å²) in [6.07, 6.45) is 0. The van der Waals surface area contributed by atoms with Gasteiger partial charge in [0.15, 0.2) is 0 Å². The Labute approximate surface area is 88.5 Å². The number of benzene rings is 1. The van der Waals surface area contributed by atoms with Gasteiger partial charge in [0.25, 0.3) is 5.91 Å². The number of amides is 1. The van der Waals surface area contributed by atoms with E-state index >= 15 is 0 Å². The highest BCUT2D eigenvalue weighted by Gasteiger charge is 2.11. The lowest BCUT2D eigenvalue weighted by Gasteiger charge is -2.12. The number of nitrogens with two attached hydrogens (primary N) is 1. The average Bonchev–Trinajstić information content (AvgIpc) is 2.17. The first-order chi connectivity index (χ1) is 7.04. The molecule has 0 aliphatic heterocycles. The number of carbonyl (C=O) groups excluding carboxylic acids is 1. The molecule has 0 radical (unpaired) electrons. The lowest BCUT2D eigenvalue weighted by Crippen LogP contribution is -2.38. The summed E-state index contributed by atoms with van der Waals surface area (Å²) in [7, 11) is 0. The lowest BCUT2D eigenvalue weighted by molar-refractivity contribution is 0.0940. The molecule has 0 saturated heterocycles. The maximum absolute atomic E-state index is 12.8. The molecule has 3 nitrogen and oxygen atoms in total. The summed E-state index contributed by atoms with van der Waals surface area (Å²) in [5.41, 5.74) is 6.49. The monoisotopic (exact) mass is 210 g/mol. The number of halogens is 1. The van der Waals surface area contributed by atoms with Crippen LogP contribution in [0.3, 0.4) is 0 Å². The molecule has 0 aliphatic rings. The second kappa shape index (κ2) is 4.89. The molecule has 0 bridgehead atoms. The van der Waals surface area contributed by atoms with Crippen LogP contribution in [0.5, 0.6) is 0 Å². The summed E-state index contributed by atoms with van der Waals surface area (Å²) < 4.78 is 12.8. The molecular formula is C11H15FN2O. The van der Waals surface area contributed by atoms with E-state index in [-0.39, 0.29) is 17.8 Å². The largest absolute Gasteiger partial charge is 0.348 e. The van der Waals surface area contributed by atoms with Gasteiger partial charge in [0.1, 0.15) is 5.82 Å². The molecule has 1 aromatic rings. The Kier molecular flexibility index (Phi) is 3.80. The molecule has 4 heteroatoms. The third kappa shape index (κ3) is 3.02. The Bertz CT molecular complexity index is 366.